The summed E-state index contributed by atoms with van der Waals surface area (Å²) in [6.07, 6.45) is 1.49. The van der Waals surface area contributed by atoms with E-state index in [1.54, 1.807) is 0 Å². The molecule has 0 aliphatic carbocycles. The van der Waals surface area contributed by atoms with Crippen molar-refractivity contribution in [1.29, 1.82) is 0 Å². The van der Waals surface area contributed by atoms with Gasteiger partial charge in [0.25, 0.3) is 0 Å². The van der Waals surface area contributed by atoms with Gasteiger partial charge in [-0.1, -0.05) is 30.3 Å². The van der Waals surface area contributed by atoms with E-state index in [1.165, 1.54) is 5.56 Å². The molecule has 1 aromatic carbocycles. The fraction of sp³-hybridized carbons (Fsp3) is 0.455. The Balaban J connectivity index is 1.72. The number of carbonyl (C=O) groups excluding carboxylic acids is 2. The van der Waals surface area contributed by atoms with Crippen LogP contribution in [0.4, 0.5) is 0 Å². The topological polar surface area (TPSA) is 68.3 Å². The summed E-state index contributed by atoms with van der Waals surface area (Å²) in [7, 11) is 0. The van der Waals surface area contributed by atoms with Crippen LogP contribution in [0.15, 0.2) is 36.4 Å². The van der Waals surface area contributed by atoms with E-state index in [4.69, 9.17) is 5.73 Å². The van der Waals surface area contributed by atoms with Gasteiger partial charge < -0.3 is 10.3 Å². The number of rotatable bonds is 6. The molecule has 1 aliphatic heterocycles. The van der Waals surface area contributed by atoms with Gasteiger partial charge in [-0.3, -0.25) is 14.5 Å². The van der Waals surface area contributed by atoms with Crippen LogP contribution in [0.25, 0.3) is 0 Å². The fourth-order valence-corrected chi connectivity index (χ4v) is 4.20. The molecule has 27 heavy (non-hydrogen) atoms. The third kappa shape index (κ3) is 4.14. The number of Topliss-reactive ketones (excluding diaryl/α,β-unsaturated/α-hetero) is 1. The molecule has 3 rings (SSSR count). The molecule has 0 unspecified atom stereocenters. The molecular weight excluding hydrogens is 338 g/mol. The maximum Gasteiger partial charge on any atom is 0.220 e. The predicted molar refractivity (Wildman–Crippen MR) is 107 cm³/mol. The van der Waals surface area contributed by atoms with Crippen molar-refractivity contribution in [2.75, 3.05) is 19.6 Å². The standard InChI is InChI=1S/C22H29N3O2/c1-15-13-20(17(3)25(15)16(2)18-7-5-4-6-8-18)21(26)14-24-11-9-19(10-12-24)22(23)27/h4-8,13,16,19H,9-12,14H2,1-3H3,(H2,23,27)/t16-/m1/s1. The monoisotopic (exact) mass is 367 g/mol. The second-order valence-corrected chi connectivity index (χ2v) is 7.62. The number of ketones is 1. The van der Waals surface area contributed by atoms with Crippen LogP contribution in [-0.4, -0.2) is 40.8 Å². The van der Waals surface area contributed by atoms with Gasteiger partial charge in [-0.05, 0) is 58.3 Å². The summed E-state index contributed by atoms with van der Waals surface area (Å²) in [6, 6.07) is 12.5. The van der Waals surface area contributed by atoms with Gasteiger partial charge in [-0.2, -0.15) is 0 Å². The van der Waals surface area contributed by atoms with E-state index in [0.717, 1.165) is 42.9 Å². The van der Waals surface area contributed by atoms with Crippen LogP contribution in [0.3, 0.4) is 0 Å². The van der Waals surface area contributed by atoms with Crippen molar-refractivity contribution in [2.45, 2.75) is 39.7 Å². The average molecular weight is 367 g/mol. The smallest absolute Gasteiger partial charge is 0.220 e. The van der Waals surface area contributed by atoms with Crippen molar-refractivity contribution in [1.82, 2.24) is 9.47 Å². The highest BCUT2D eigenvalue weighted by molar-refractivity contribution is 5.99. The van der Waals surface area contributed by atoms with Crippen LogP contribution < -0.4 is 5.73 Å². The third-order valence-electron chi connectivity index (χ3n) is 5.81. The van der Waals surface area contributed by atoms with Crippen LogP contribution in [0.1, 0.15) is 53.1 Å². The summed E-state index contributed by atoms with van der Waals surface area (Å²) in [6.45, 7) is 8.14. The molecular formula is C22H29N3O2. The van der Waals surface area contributed by atoms with Crippen LogP contribution in [-0.2, 0) is 4.79 Å². The van der Waals surface area contributed by atoms with Crippen molar-refractivity contribution in [3.05, 3.63) is 58.9 Å². The largest absolute Gasteiger partial charge is 0.369 e. The minimum Gasteiger partial charge on any atom is -0.369 e. The normalized spacial score (nSPS) is 17.0. The molecule has 2 aromatic rings. The van der Waals surface area contributed by atoms with Crippen molar-refractivity contribution in [3.8, 4) is 0 Å². The van der Waals surface area contributed by atoms with E-state index in [1.807, 2.05) is 31.2 Å². The van der Waals surface area contributed by atoms with Gasteiger partial charge in [0.05, 0.1) is 12.6 Å². The van der Waals surface area contributed by atoms with Gasteiger partial charge in [-0.15, -0.1) is 0 Å². The zero-order chi connectivity index (χ0) is 19.6. The van der Waals surface area contributed by atoms with Gasteiger partial charge in [0.2, 0.25) is 5.91 Å². The van der Waals surface area contributed by atoms with Crippen molar-refractivity contribution in [2.24, 2.45) is 11.7 Å². The molecule has 1 atom stereocenters. The fourth-order valence-electron chi connectivity index (χ4n) is 4.20. The number of primary amides is 1. The van der Waals surface area contributed by atoms with Crippen LogP contribution in [0.5, 0.6) is 0 Å². The van der Waals surface area contributed by atoms with Gasteiger partial charge in [-0.25, -0.2) is 0 Å². The molecule has 2 heterocycles. The number of nitrogens with two attached hydrogens (primary N) is 1. The van der Waals surface area contributed by atoms with E-state index >= 15 is 0 Å². The maximum absolute atomic E-state index is 12.9. The lowest BCUT2D eigenvalue weighted by atomic mass is 9.96. The number of hydrogen-bond donors (Lipinski definition) is 1. The van der Waals surface area contributed by atoms with Crippen LogP contribution in [0.2, 0.25) is 0 Å². The zero-order valence-electron chi connectivity index (χ0n) is 16.4. The Morgan fingerprint density at radius 2 is 1.78 bits per heavy atom. The Labute approximate surface area is 161 Å². The lowest BCUT2D eigenvalue weighted by molar-refractivity contribution is -0.123. The number of piperidine rings is 1. The number of likely N-dealkylation sites (tertiary alicyclic amines) is 1. The van der Waals surface area contributed by atoms with Gasteiger partial charge in [0, 0.05) is 22.9 Å². The number of aryl methyl sites for hydroxylation is 1. The first-order valence-corrected chi connectivity index (χ1v) is 9.66. The lowest BCUT2D eigenvalue weighted by Crippen LogP contribution is -2.40. The summed E-state index contributed by atoms with van der Waals surface area (Å²) in [5, 5.41) is 0. The molecule has 1 amide bonds. The first kappa shape index (κ1) is 19.4. The summed E-state index contributed by atoms with van der Waals surface area (Å²) in [5.41, 5.74) is 9.53. The van der Waals surface area contributed by atoms with E-state index in [9.17, 15) is 9.59 Å². The van der Waals surface area contributed by atoms with Crippen molar-refractivity contribution >= 4 is 11.7 Å². The van der Waals surface area contributed by atoms with E-state index in [2.05, 4.69) is 35.4 Å². The Bertz CT molecular complexity index is 818. The Hall–Kier alpha value is -2.40. The number of hydrogen-bond acceptors (Lipinski definition) is 3. The average Bonchev–Trinajstić information content (AvgIpc) is 2.96. The summed E-state index contributed by atoms with van der Waals surface area (Å²) in [4.78, 5) is 26.4. The minimum absolute atomic E-state index is 0.0480. The van der Waals surface area contributed by atoms with Gasteiger partial charge >= 0.3 is 0 Å². The Morgan fingerprint density at radius 1 is 1.15 bits per heavy atom. The first-order valence-electron chi connectivity index (χ1n) is 9.66. The Morgan fingerprint density at radius 3 is 2.37 bits per heavy atom. The second-order valence-electron chi connectivity index (χ2n) is 7.62. The number of aromatic nitrogens is 1. The van der Waals surface area contributed by atoms with E-state index in [0.29, 0.717) is 6.54 Å². The molecule has 1 fully saturated rings. The molecule has 1 saturated heterocycles. The molecule has 144 valence electrons. The van der Waals surface area contributed by atoms with Crippen molar-refractivity contribution < 1.29 is 9.59 Å². The molecule has 2 N–H and O–H groups in total. The molecule has 5 nitrogen and oxygen atoms in total. The Kier molecular flexibility index (Phi) is 5.80. The van der Waals surface area contributed by atoms with Gasteiger partial charge in [0.1, 0.15) is 0 Å². The first-order chi connectivity index (χ1) is 12.9. The molecule has 0 bridgehead atoms. The van der Waals surface area contributed by atoms with E-state index in [-0.39, 0.29) is 23.7 Å². The van der Waals surface area contributed by atoms with E-state index < -0.39 is 0 Å². The summed E-state index contributed by atoms with van der Waals surface area (Å²) in [5.74, 6) is -0.125. The highest BCUT2D eigenvalue weighted by Crippen LogP contribution is 2.26. The quantitative estimate of drug-likeness (QED) is 0.798. The highest BCUT2D eigenvalue weighted by Gasteiger charge is 2.26. The molecule has 0 saturated carbocycles. The minimum atomic E-state index is -0.223. The summed E-state index contributed by atoms with van der Waals surface area (Å²) >= 11 is 0. The molecule has 5 heteroatoms. The number of benzene rings is 1. The maximum atomic E-state index is 12.9. The zero-order valence-corrected chi connectivity index (χ0v) is 16.4. The SMILES string of the molecule is Cc1cc(C(=O)CN2CCC(C(N)=O)CC2)c(C)n1[C@H](C)c1ccccc1. The molecule has 0 radical (unpaired) electrons. The van der Waals surface area contributed by atoms with Gasteiger partial charge in [0.15, 0.2) is 5.78 Å². The van der Waals surface area contributed by atoms with Crippen molar-refractivity contribution in [3.63, 3.8) is 0 Å². The molecule has 1 aliphatic rings. The van der Waals surface area contributed by atoms with Crippen LogP contribution in [0, 0.1) is 19.8 Å². The molecule has 0 spiro atoms. The molecule has 1 aromatic heterocycles. The number of amides is 1. The van der Waals surface area contributed by atoms with Crippen LogP contribution >= 0.6 is 0 Å². The lowest BCUT2D eigenvalue weighted by Gasteiger charge is -2.29. The number of nitrogens with zero attached hydrogens (tertiary/aromatic N) is 2. The third-order valence-corrected chi connectivity index (χ3v) is 5.81. The summed E-state index contributed by atoms with van der Waals surface area (Å²) < 4.78 is 2.24. The predicted octanol–water partition coefficient (Wildman–Crippen LogP) is 3.09. The number of carbonyl (C=O) groups is 2. The highest BCUT2D eigenvalue weighted by atomic mass is 16.1. The second kappa shape index (κ2) is 8.09.